The number of hydrogen-bond donors (Lipinski definition) is 2. The Morgan fingerprint density at radius 3 is 3.22 bits per heavy atom. The average Bonchev–Trinajstić information content (AvgIpc) is 2.80. The van der Waals surface area contributed by atoms with Crippen molar-refractivity contribution in [2.24, 2.45) is 0 Å². The molecule has 1 aromatic heterocycles. The maximum atomic E-state index is 11.7. The third-order valence-electron chi connectivity index (χ3n) is 3.43. The van der Waals surface area contributed by atoms with E-state index in [2.05, 4.69) is 27.8 Å². The number of H-pyrrole nitrogens is 1. The molecule has 1 aromatic carbocycles. The number of anilines is 1. The Hall–Kier alpha value is -1.49. The molecule has 2 aromatic rings. The Kier molecular flexibility index (Phi) is 2.99. The monoisotopic (exact) mass is 261 g/mol. The summed E-state index contributed by atoms with van der Waals surface area (Å²) in [5, 5.41) is 11.0. The lowest BCUT2D eigenvalue weighted by Crippen LogP contribution is -2.23. The SMILES string of the molecule is CSCC[C@H]1CC(=O)Nc2cc3[nH]ncc3cc21. The molecular formula is C13H15N3OS. The summed E-state index contributed by atoms with van der Waals surface area (Å²) < 4.78 is 0. The number of hydrogen-bond acceptors (Lipinski definition) is 3. The molecule has 1 amide bonds. The Morgan fingerprint density at radius 2 is 2.39 bits per heavy atom. The highest BCUT2D eigenvalue weighted by Gasteiger charge is 2.25. The summed E-state index contributed by atoms with van der Waals surface area (Å²) in [5.74, 6) is 1.54. The molecule has 3 rings (SSSR count). The van der Waals surface area contributed by atoms with Gasteiger partial charge in [0.1, 0.15) is 0 Å². The first-order valence-corrected chi connectivity index (χ1v) is 7.43. The van der Waals surface area contributed by atoms with Gasteiger partial charge >= 0.3 is 0 Å². The van der Waals surface area contributed by atoms with E-state index in [0.29, 0.717) is 12.3 Å². The summed E-state index contributed by atoms with van der Waals surface area (Å²) in [4.78, 5) is 11.7. The molecule has 0 aliphatic carbocycles. The third kappa shape index (κ3) is 1.99. The molecule has 0 radical (unpaired) electrons. The van der Waals surface area contributed by atoms with E-state index in [4.69, 9.17) is 0 Å². The van der Waals surface area contributed by atoms with Gasteiger partial charge in [-0.1, -0.05) is 0 Å². The second-order valence-corrected chi connectivity index (χ2v) is 5.61. The summed E-state index contributed by atoms with van der Waals surface area (Å²) in [6.45, 7) is 0. The number of nitrogens with zero attached hydrogens (tertiary/aromatic N) is 1. The van der Waals surface area contributed by atoms with Gasteiger partial charge in [-0.25, -0.2) is 0 Å². The highest BCUT2D eigenvalue weighted by atomic mass is 32.2. The first kappa shape index (κ1) is 11.6. The maximum absolute atomic E-state index is 11.7. The van der Waals surface area contributed by atoms with E-state index in [9.17, 15) is 4.79 Å². The fourth-order valence-electron chi connectivity index (χ4n) is 2.51. The van der Waals surface area contributed by atoms with Gasteiger partial charge in [0.15, 0.2) is 0 Å². The van der Waals surface area contributed by atoms with Gasteiger partial charge in [-0.05, 0) is 42.0 Å². The number of carbonyl (C=O) groups excluding carboxylic acids is 1. The first-order chi connectivity index (χ1) is 8.78. The van der Waals surface area contributed by atoms with E-state index in [1.165, 1.54) is 5.56 Å². The van der Waals surface area contributed by atoms with Gasteiger partial charge in [-0.15, -0.1) is 0 Å². The Bertz CT molecular complexity index is 593. The minimum atomic E-state index is 0.118. The number of rotatable bonds is 3. The topological polar surface area (TPSA) is 57.8 Å². The molecular weight excluding hydrogens is 246 g/mol. The predicted molar refractivity (Wildman–Crippen MR) is 75.1 cm³/mol. The van der Waals surface area contributed by atoms with Crippen LogP contribution in [0.1, 0.15) is 24.3 Å². The molecule has 0 saturated heterocycles. The van der Waals surface area contributed by atoms with Gasteiger partial charge in [-0.3, -0.25) is 9.89 Å². The minimum Gasteiger partial charge on any atom is -0.326 e. The predicted octanol–water partition coefficient (Wildman–Crippen LogP) is 2.74. The Morgan fingerprint density at radius 1 is 1.50 bits per heavy atom. The smallest absolute Gasteiger partial charge is 0.224 e. The Labute approximate surface area is 110 Å². The number of fused-ring (bicyclic) bond motifs is 2. The molecule has 2 N–H and O–H groups in total. The minimum absolute atomic E-state index is 0.118. The maximum Gasteiger partial charge on any atom is 0.224 e. The molecule has 1 aliphatic rings. The van der Waals surface area contributed by atoms with Gasteiger partial charge in [0, 0.05) is 17.5 Å². The van der Waals surface area contributed by atoms with Crippen molar-refractivity contribution >= 4 is 34.3 Å². The lowest BCUT2D eigenvalue weighted by molar-refractivity contribution is -0.116. The molecule has 0 saturated carbocycles. The zero-order valence-electron chi connectivity index (χ0n) is 10.2. The average molecular weight is 261 g/mol. The van der Waals surface area contributed by atoms with Crippen LogP contribution in [-0.2, 0) is 4.79 Å². The quantitative estimate of drug-likeness (QED) is 0.893. The molecule has 1 atom stereocenters. The zero-order chi connectivity index (χ0) is 12.5. The number of amides is 1. The normalized spacial score (nSPS) is 18.7. The lowest BCUT2D eigenvalue weighted by atomic mass is 9.88. The number of nitrogens with one attached hydrogen (secondary N) is 2. The van der Waals surface area contributed by atoms with Crippen LogP contribution >= 0.6 is 11.8 Å². The third-order valence-corrected chi connectivity index (χ3v) is 4.07. The summed E-state index contributed by atoms with van der Waals surface area (Å²) in [7, 11) is 0. The molecule has 94 valence electrons. The van der Waals surface area contributed by atoms with Crippen LogP contribution in [0.3, 0.4) is 0 Å². The zero-order valence-corrected chi connectivity index (χ0v) is 11.0. The largest absolute Gasteiger partial charge is 0.326 e. The van der Waals surface area contributed by atoms with Crippen LogP contribution in [-0.4, -0.2) is 28.1 Å². The number of aromatic nitrogens is 2. The van der Waals surface area contributed by atoms with E-state index in [1.807, 2.05) is 24.0 Å². The van der Waals surface area contributed by atoms with Crippen molar-refractivity contribution in [1.82, 2.24) is 10.2 Å². The van der Waals surface area contributed by atoms with E-state index >= 15 is 0 Å². The number of carbonyl (C=O) groups is 1. The van der Waals surface area contributed by atoms with Gasteiger partial charge in [0.05, 0.1) is 11.7 Å². The van der Waals surface area contributed by atoms with Crippen molar-refractivity contribution in [3.05, 3.63) is 23.9 Å². The van der Waals surface area contributed by atoms with Crippen LogP contribution < -0.4 is 5.32 Å². The fraction of sp³-hybridized carbons (Fsp3) is 0.385. The molecule has 5 heteroatoms. The summed E-state index contributed by atoms with van der Waals surface area (Å²) in [5.41, 5.74) is 3.16. The van der Waals surface area contributed by atoms with E-state index < -0.39 is 0 Å². The van der Waals surface area contributed by atoms with Crippen molar-refractivity contribution in [2.45, 2.75) is 18.8 Å². The molecule has 4 nitrogen and oxygen atoms in total. The van der Waals surface area contributed by atoms with Crippen molar-refractivity contribution in [3.8, 4) is 0 Å². The molecule has 18 heavy (non-hydrogen) atoms. The van der Waals surface area contributed by atoms with Crippen LogP contribution in [0.25, 0.3) is 10.9 Å². The lowest BCUT2D eigenvalue weighted by Gasteiger charge is -2.25. The van der Waals surface area contributed by atoms with Gasteiger partial charge in [0.2, 0.25) is 5.91 Å². The van der Waals surface area contributed by atoms with Crippen LogP contribution in [0.2, 0.25) is 0 Å². The summed E-state index contributed by atoms with van der Waals surface area (Å²) >= 11 is 1.83. The van der Waals surface area contributed by atoms with Crippen molar-refractivity contribution in [2.75, 3.05) is 17.3 Å². The summed E-state index contributed by atoms with van der Waals surface area (Å²) in [6.07, 6.45) is 5.57. The fourth-order valence-corrected chi connectivity index (χ4v) is 3.03. The molecule has 0 spiro atoms. The highest BCUT2D eigenvalue weighted by molar-refractivity contribution is 7.98. The molecule has 0 bridgehead atoms. The van der Waals surface area contributed by atoms with Crippen molar-refractivity contribution in [1.29, 1.82) is 0 Å². The standard InChI is InChI=1S/C13H15N3OS/c1-18-3-2-8-5-13(17)15-12-6-11-9(4-10(8)12)7-14-16-11/h4,6-8H,2-3,5H2,1H3,(H,14,16)(H,15,17)/t8-/m0/s1. The van der Waals surface area contributed by atoms with E-state index in [-0.39, 0.29) is 5.91 Å². The number of benzene rings is 1. The molecule has 2 heterocycles. The molecule has 0 fully saturated rings. The number of aromatic amines is 1. The molecule has 1 aliphatic heterocycles. The van der Waals surface area contributed by atoms with Crippen LogP contribution in [0.15, 0.2) is 18.3 Å². The highest BCUT2D eigenvalue weighted by Crippen LogP contribution is 2.37. The van der Waals surface area contributed by atoms with Crippen LogP contribution in [0.5, 0.6) is 0 Å². The summed E-state index contributed by atoms with van der Waals surface area (Å²) in [6, 6.07) is 4.14. The second-order valence-electron chi connectivity index (χ2n) is 4.63. The van der Waals surface area contributed by atoms with E-state index in [0.717, 1.165) is 28.8 Å². The van der Waals surface area contributed by atoms with Crippen LogP contribution in [0, 0.1) is 0 Å². The van der Waals surface area contributed by atoms with Gasteiger partial charge < -0.3 is 5.32 Å². The number of thioether (sulfide) groups is 1. The van der Waals surface area contributed by atoms with Gasteiger partial charge in [-0.2, -0.15) is 16.9 Å². The van der Waals surface area contributed by atoms with Crippen LogP contribution in [0.4, 0.5) is 5.69 Å². The van der Waals surface area contributed by atoms with E-state index in [1.54, 1.807) is 0 Å². The second kappa shape index (κ2) is 4.65. The molecule has 0 unspecified atom stereocenters. The first-order valence-electron chi connectivity index (χ1n) is 6.03. The van der Waals surface area contributed by atoms with Crippen molar-refractivity contribution < 1.29 is 4.79 Å². The van der Waals surface area contributed by atoms with Crippen molar-refractivity contribution in [3.63, 3.8) is 0 Å². The van der Waals surface area contributed by atoms with Gasteiger partial charge in [0.25, 0.3) is 0 Å². The Balaban J connectivity index is 2.03.